The number of ether oxygens (including phenoxy) is 1. The van der Waals surface area contributed by atoms with Gasteiger partial charge in [0.1, 0.15) is 0 Å². The molecular formula is C14H27N3O2S. The van der Waals surface area contributed by atoms with Crippen molar-refractivity contribution in [3.05, 3.63) is 0 Å². The molecule has 1 aliphatic rings. The topological polar surface area (TPSA) is 67.6 Å². The van der Waals surface area contributed by atoms with Crippen molar-refractivity contribution in [3.8, 4) is 0 Å². The summed E-state index contributed by atoms with van der Waals surface area (Å²) in [6.45, 7) is 3.92. The minimum atomic E-state index is -0.180. The zero-order valence-corrected chi connectivity index (χ0v) is 13.4. The Hall–Kier alpha value is -0.720. The van der Waals surface area contributed by atoms with E-state index in [2.05, 4.69) is 10.2 Å². The predicted octanol–water partition coefficient (Wildman–Crippen LogP) is 1.06. The first-order valence-corrected chi connectivity index (χ1v) is 7.77. The summed E-state index contributed by atoms with van der Waals surface area (Å²) in [6.07, 6.45) is 5.26. The molecule has 0 spiro atoms. The van der Waals surface area contributed by atoms with E-state index in [1.165, 1.54) is 12.8 Å². The van der Waals surface area contributed by atoms with Gasteiger partial charge in [-0.05, 0) is 19.8 Å². The highest BCUT2D eigenvalue weighted by molar-refractivity contribution is 7.80. The van der Waals surface area contributed by atoms with Crippen LogP contribution in [0.15, 0.2) is 0 Å². The third-order valence-corrected chi connectivity index (χ3v) is 4.06. The van der Waals surface area contributed by atoms with Gasteiger partial charge in [0.15, 0.2) is 0 Å². The lowest BCUT2D eigenvalue weighted by Gasteiger charge is -2.28. The fourth-order valence-electron chi connectivity index (χ4n) is 2.52. The lowest BCUT2D eigenvalue weighted by molar-refractivity contribution is -0.126. The number of hydrogen-bond acceptors (Lipinski definition) is 4. The van der Waals surface area contributed by atoms with Crippen molar-refractivity contribution in [2.75, 3.05) is 26.8 Å². The highest BCUT2D eigenvalue weighted by Crippen LogP contribution is 2.18. The maximum atomic E-state index is 12.3. The molecule has 0 aromatic rings. The van der Waals surface area contributed by atoms with Crippen LogP contribution in [0.2, 0.25) is 0 Å². The van der Waals surface area contributed by atoms with E-state index in [-0.39, 0.29) is 11.9 Å². The Morgan fingerprint density at radius 2 is 2.10 bits per heavy atom. The van der Waals surface area contributed by atoms with E-state index in [1.54, 1.807) is 7.11 Å². The predicted molar refractivity (Wildman–Crippen MR) is 84.7 cm³/mol. The van der Waals surface area contributed by atoms with Crippen molar-refractivity contribution in [1.82, 2.24) is 10.2 Å². The normalized spacial score (nSPS) is 17.4. The summed E-state index contributed by atoms with van der Waals surface area (Å²) >= 11 is 4.91. The Labute approximate surface area is 127 Å². The van der Waals surface area contributed by atoms with Crippen LogP contribution in [0.4, 0.5) is 0 Å². The molecular weight excluding hydrogens is 274 g/mol. The number of hydrogen-bond donors (Lipinski definition) is 2. The molecule has 1 saturated carbocycles. The van der Waals surface area contributed by atoms with E-state index in [9.17, 15) is 4.79 Å². The van der Waals surface area contributed by atoms with Gasteiger partial charge in [0.2, 0.25) is 5.91 Å². The maximum absolute atomic E-state index is 12.3. The zero-order valence-electron chi connectivity index (χ0n) is 12.6. The molecule has 3 N–H and O–H groups in total. The van der Waals surface area contributed by atoms with Crippen LogP contribution in [0.25, 0.3) is 0 Å². The van der Waals surface area contributed by atoms with Gasteiger partial charge >= 0.3 is 0 Å². The van der Waals surface area contributed by atoms with Crippen molar-refractivity contribution in [3.63, 3.8) is 0 Å². The summed E-state index contributed by atoms with van der Waals surface area (Å²) in [5.74, 6) is 0.0935. The third kappa shape index (κ3) is 6.15. The Morgan fingerprint density at radius 3 is 2.65 bits per heavy atom. The molecule has 1 fully saturated rings. The van der Waals surface area contributed by atoms with Gasteiger partial charge in [-0.2, -0.15) is 0 Å². The Kier molecular flexibility index (Phi) is 8.02. The van der Waals surface area contributed by atoms with Crippen LogP contribution in [-0.4, -0.2) is 54.7 Å². The van der Waals surface area contributed by atoms with Crippen molar-refractivity contribution in [2.45, 2.75) is 51.1 Å². The summed E-state index contributed by atoms with van der Waals surface area (Å²) in [5.41, 5.74) is 5.55. The molecule has 0 heterocycles. The summed E-state index contributed by atoms with van der Waals surface area (Å²) in [5, 5.41) is 3.14. The van der Waals surface area contributed by atoms with E-state index in [0.717, 1.165) is 12.8 Å². The monoisotopic (exact) mass is 301 g/mol. The molecule has 0 saturated heterocycles. The number of rotatable bonds is 9. The van der Waals surface area contributed by atoms with Gasteiger partial charge in [0, 0.05) is 32.7 Å². The maximum Gasteiger partial charge on any atom is 0.237 e. The van der Waals surface area contributed by atoms with Crippen LogP contribution in [-0.2, 0) is 9.53 Å². The minimum absolute atomic E-state index is 0.0935. The Bertz CT molecular complexity index is 320. The zero-order chi connectivity index (χ0) is 15.0. The first-order valence-electron chi connectivity index (χ1n) is 7.36. The van der Waals surface area contributed by atoms with Crippen molar-refractivity contribution in [1.29, 1.82) is 0 Å². The van der Waals surface area contributed by atoms with Crippen molar-refractivity contribution >= 4 is 23.1 Å². The van der Waals surface area contributed by atoms with Crippen LogP contribution in [0.3, 0.4) is 0 Å². The van der Waals surface area contributed by atoms with Crippen molar-refractivity contribution < 1.29 is 9.53 Å². The first kappa shape index (κ1) is 17.3. The molecule has 0 bridgehead atoms. The van der Waals surface area contributed by atoms with Gasteiger partial charge in [-0.15, -0.1) is 0 Å². The van der Waals surface area contributed by atoms with E-state index in [1.807, 2.05) is 6.92 Å². The molecule has 5 nitrogen and oxygen atoms in total. The molecule has 0 aliphatic heterocycles. The average Bonchev–Trinajstić information content (AvgIpc) is 2.90. The molecule has 20 heavy (non-hydrogen) atoms. The van der Waals surface area contributed by atoms with Crippen LogP contribution in [0.5, 0.6) is 0 Å². The highest BCUT2D eigenvalue weighted by Gasteiger charge is 2.24. The van der Waals surface area contributed by atoms with Crippen molar-refractivity contribution in [2.24, 2.45) is 5.73 Å². The molecule has 116 valence electrons. The average molecular weight is 301 g/mol. The van der Waals surface area contributed by atoms with Crippen LogP contribution >= 0.6 is 12.2 Å². The molecule has 1 amide bonds. The van der Waals surface area contributed by atoms with E-state index in [0.29, 0.717) is 37.1 Å². The fourth-order valence-corrected chi connectivity index (χ4v) is 2.61. The Morgan fingerprint density at radius 1 is 1.45 bits per heavy atom. The summed E-state index contributed by atoms with van der Waals surface area (Å²) in [4.78, 5) is 14.8. The number of amides is 1. The first-order chi connectivity index (χ1) is 9.54. The van der Waals surface area contributed by atoms with Crippen LogP contribution in [0.1, 0.15) is 39.0 Å². The van der Waals surface area contributed by atoms with E-state index < -0.39 is 0 Å². The number of nitrogens with two attached hydrogens (primary N) is 1. The molecule has 0 aromatic carbocycles. The highest BCUT2D eigenvalue weighted by atomic mass is 32.1. The van der Waals surface area contributed by atoms with Gasteiger partial charge in [0.05, 0.1) is 17.6 Å². The second-order valence-electron chi connectivity index (χ2n) is 5.41. The standard InChI is InChI=1S/C14H27N3O2S/c1-11(14(18)16-12-5-3-4-6-12)17(9-10-19-2)8-7-13(15)20/h11-12H,3-10H2,1-2H3,(H2,15,20)(H,16,18). The van der Waals surface area contributed by atoms with Crippen LogP contribution < -0.4 is 11.1 Å². The van der Waals surface area contributed by atoms with Gasteiger partial charge in [-0.25, -0.2) is 0 Å². The second kappa shape index (κ2) is 9.26. The number of carbonyl (C=O) groups excluding carboxylic acids is 1. The van der Waals surface area contributed by atoms with E-state index >= 15 is 0 Å². The van der Waals surface area contributed by atoms with Gasteiger partial charge in [-0.1, -0.05) is 25.1 Å². The largest absolute Gasteiger partial charge is 0.393 e. The molecule has 6 heteroatoms. The Balaban J connectivity index is 2.47. The number of nitrogens with zero attached hydrogens (tertiary/aromatic N) is 1. The number of thiocarbonyl (C=S) groups is 1. The van der Waals surface area contributed by atoms with Crippen LogP contribution in [0, 0.1) is 0 Å². The quantitative estimate of drug-likeness (QED) is 0.623. The molecule has 0 aromatic heterocycles. The van der Waals surface area contributed by atoms with Gasteiger partial charge < -0.3 is 15.8 Å². The number of methoxy groups -OCH3 is 1. The molecule has 0 radical (unpaired) electrons. The lowest BCUT2D eigenvalue weighted by Crippen LogP contribution is -2.49. The smallest absolute Gasteiger partial charge is 0.237 e. The fraction of sp³-hybridized carbons (Fsp3) is 0.857. The number of carbonyl (C=O) groups is 1. The van der Waals surface area contributed by atoms with Gasteiger partial charge in [0.25, 0.3) is 0 Å². The molecule has 1 rings (SSSR count). The summed E-state index contributed by atoms with van der Waals surface area (Å²) in [6, 6.07) is 0.171. The number of nitrogens with one attached hydrogen (secondary N) is 1. The SMILES string of the molecule is COCCN(CCC(N)=S)C(C)C(=O)NC1CCCC1. The summed E-state index contributed by atoms with van der Waals surface area (Å²) < 4.78 is 5.11. The minimum Gasteiger partial charge on any atom is -0.393 e. The van der Waals surface area contributed by atoms with Gasteiger partial charge in [-0.3, -0.25) is 9.69 Å². The molecule has 1 aliphatic carbocycles. The van der Waals surface area contributed by atoms with E-state index in [4.69, 9.17) is 22.7 Å². The lowest BCUT2D eigenvalue weighted by atomic mass is 10.2. The summed E-state index contributed by atoms with van der Waals surface area (Å²) in [7, 11) is 1.66. The second-order valence-corrected chi connectivity index (χ2v) is 5.94. The third-order valence-electron chi connectivity index (χ3n) is 3.86. The molecule has 1 unspecified atom stereocenters. The molecule has 1 atom stereocenters.